The van der Waals surface area contributed by atoms with Crippen molar-refractivity contribution < 1.29 is 22.7 Å². The summed E-state index contributed by atoms with van der Waals surface area (Å²) in [6.07, 6.45) is 1.57. The minimum atomic E-state index is -3.50. The van der Waals surface area contributed by atoms with Crippen LogP contribution in [0.5, 0.6) is 5.75 Å². The Bertz CT molecular complexity index is 679. The Hall–Kier alpha value is -1.35. The lowest BCUT2D eigenvalue weighted by atomic mass is 10.2. The van der Waals surface area contributed by atoms with E-state index >= 15 is 0 Å². The number of hydrogen-bond donors (Lipinski definition) is 1. The van der Waals surface area contributed by atoms with Gasteiger partial charge in [0.05, 0.1) is 25.6 Å². The predicted molar refractivity (Wildman–Crippen MR) is 94.3 cm³/mol. The van der Waals surface area contributed by atoms with Crippen molar-refractivity contribution in [1.29, 1.82) is 0 Å². The van der Waals surface area contributed by atoms with Gasteiger partial charge in [-0.05, 0) is 25.0 Å². The quantitative estimate of drug-likeness (QED) is 0.663. The van der Waals surface area contributed by atoms with Crippen molar-refractivity contribution in [2.45, 2.75) is 13.3 Å². The van der Waals surface area contributed by atoms with Crippen LogP contribution in [0.1, 0.15) is 12.0 Å². The van der Waals surface area contributed by atoms with Gasteiger partial charge in [-0.3, -0.25) is 4.79 Å². The number of halogens is 1. The first-order valence-electron chi connectivity index (χ1n) is 7.27. The van der Waals surface area contributed by atoms with Crippen LogP contribution in [0.25, 0.3) is 0 Å². The highest BCUT2D eigenvalue weighted by Gasteiger charge is 2.20. The van der Waals surface area contributed by atoms with Crippen LogP contribution in [0.4, 0.5) is 5.69 Å². The molecule has 0 saturated carbocycles. The van der Waals surface area contributed by atoms with E-state index in [1.54, 1.807) is 19.1 Å². The number of carbonyl (C=O) groups is 1. The standard InChI is InChI=1S/C15H23ClN2O5S/c1-11-8-13(14(23-3)9-12(11)16)17-15(19)10-18(24(4,20)21)6-5-7-22-2/h8-9H,5-7,10H2,1-4H3,(H,17,19). The Labute approximate surface area is 147 Å². The van der Waals surface area contributed by atoms with Crippen LogP contribution in [-0.2, 0) is 19.6 Å². The zero-order chi connectivity index (χ0) is 18.3. The lowest BCUT2D eigenvalue weighted by molar-refractivity contribution is -0.116. The molecule has 1 aromatic carbocycles. The summed E-state index contributed by atoms with van der Waals surface area (Å²) in [5.74, 6) is -0.0536. The van der Waals surface area contributed by atoms with Crippen LogP contribution in [-0.4, -0.2) is 58.8 Å². The SMILES string of the molecule is COCCCN(CC(=O)Nc1cc(C)c(Cl)cc1OC)S(C)(=O)=O. The van der Waals surface area contributed by atoms with Gasteiger partial charge < -0.3 is 14.8 Å². The molecular formula is C15H23ClN2O5S. The summed E-state index contributed by atoms with van der Waals surface area (Å²) >= 11 is 6.02. The number of sulfonamides is 1. The minimum Gasteiger partial charge on any atom is -0.495 e. The van der Waals surface area contributed by atoms with Gasteiger partial charge in [-0.25, -0.2) is 8.42 Å². The van der Waals surface area contributed by atoms with Crippen LogP contribution in [0.2, 0.25) is 5.02 Å². The van der Waals surface area contributed by atoms with Gasteiger partial charge in [0.1, 0.15) is 5.75 Å². The predicted octanol–water partition coefficient (Wildman–Crippen LogP) is 1.89. The van der Waals surface area contributed by atoms with Crippen molar-refractivity contribution in [3.05, 3.63) is 22.7 Å². The molecule has 1 N–H and O–H groups in total. The fourth-order valence-corrected chi connectivity index (χ4v) is 2.99. The number of hydrogen-bond acceptors (Lipinski definition) is 5. The monoisotopic (exact) mass is 378 g/mol. The van der Waals surface area contributed by atoms with Gasteiger partial charge in [-0.1, -0.05) is 11.6 Å². The number of carbonyl (C=O) groups excluding carboxylic acids is 1. The lowest BCUT2D eigenvalue weighted by Gasteiger charge is -2.20. The fraction of sp³-hybridized carbons (Fsp3) is 0.533. The Morgan fingerprint density at radius 1 is 1.33 bits per heavy atom. The van der Waals surface area contributed by atoms with Gasteiger partial charge in [0.2, 0.25) is 15.9 Å². The molecule has 1 rings (SSSR count). The number of benzene rings is 1. The molecule has 0 aliphatic heterocycles. The van der Waals surface area contributed by atoms with Crippen LogP contribution < -0.4 is 10.1 Å². The van der Waals surface area contributed by atoms with Crippen LogP contribution >= 0.6 is 11.6 Å². The Morgan fingerprint density at radius 3 is 2.54 bits per heavy atom. The number of amides is 1. The summed E-state index contributed by atoms with van der Waals surface area (Å²) in [4.78, 5) is 12.2. The van der Waals surface area contributed by atoms with Crippen molar-refractivity contribution in [3.8, 4) is 5.75 Å². The van der Waals surface area contributed by atoms with Crippen molar-refractivity contribution in [2.24, 2.45) is 0 Å². The van der Waals surface area contributed by atoms with Gasteiger partial charge in [-0.15, -0.1) is 0 Å². The minimum absolute atomic E-state index is 0.205. The zero-order valence-corrected chi connectivity index (χ0v) is 15.8. The summed E-state index contributed by atoms with van der Waals surface area (Å²) in [5, 5.41) is 3.18. The summed E-state index contributed by atoms with van der Waals surface area (Å²) < 4.78 is 34.8. The maximum absolute atomic E-state index is 12.2. The largest absolute Gasteiger partial charge is 0.495 e. The van der Waals surface area contributed by atoms with Gasteiger partial charge in [-0.2, -0.15) is 4.31 Å². The molecule has 0 spiro atoms. The third kappa shape index (κ3) is 6.27. The molecule has 0 aromatic heterocycles. The third-order valence-electron chi connectivity index (χ3n) is 3.30. The van der Waals surface area contributed by atoms with Crippen LogP contribution in [0, 0.1) is 6.92 Å². The molecule has 0 saturated heterocycles. The molecule has 1 aromatic rings. The van der Waals surface area contributed by atoms with E-state index in [9.17, 15) is 13.2 Å². The number of methoxy groups -OCH3 is 2. The van der Waals surface area contributed by atoms with Crippen molar-refractivity contribution in [1.82, 2.24) is 4.31 Å². The molecule has 7 nitrogen and oxygen atoms in total. The van der Waals surface area contributed by atoms with Gasteiger partial charge in [0, 0.05) is 31.4 Å². The van der Waals surface area contributed by atoms with Crippen molar-refractivity contribution in [2.75, 3.05) is 45.5 Å². The van der Waals surface area contributed by atoms with Gasteiger partial charge in [0.15, 0.2) is 0 Å². The normalized spacial score (nSPS) is 11.6. The molecule has 0 aliphatic carbocycles. The topological polar surface area (TPSA) is 84.9 Å². The second-order valence-electron chi connectivity index (χ2n) is 5.29. The Balaban J connectivity index is 2.84. The van der Waals surface area contributed by atoms with E-state index in [1.165, 1.54) is 14.2 Å². The molecular weight excluding hydrogens is 356 g/mol. The highest BCUT2D eigenvalue weighted by Crippen LogP contribution is 2.30. The first kappa shape index (κ1) is 20.7. The maximum Gasteiger partial charge on any atom is 0.239 e. The summed E-state index contributed by atoms with van der Waals surface area (Å²) in [6.45, 7) is 2.13. The smallest absolute Gasteiger partial charge is 0.239 e. The van der Waals surface area contributed by atoms with Crippen LogP contribution in [0.3, 0.4) is 0 Å². The molecule has 1 amide bonds. The van der Waals surface area contributed by atoms with E-state index in [0.717, 1.165) is 16.1 Å². The molecule has 0 radical (unpaired) electrons. The summed E-state index contributed by atoms with van der Waals surface area (Å²) in [6, 6.07) is 3.27. The van der Waals surface area contributed by atoms with E-state index in [1.807, 2.05) is 0 Å². The zero-order valence-electron chi connectivity index (χ0n) is 14.3. The van der Waals surface area contributed by atoms with E-state index in [2.05, 4.69) is 5.32 Å². The Kier molecular flexibility index (Phi) is 7.95. The second-order valence-corrected chi connectivity index (χ2v) is 7.68. The fourth-order valence-electron chi connectivity index (χ4n) is 2.03. The van der Waals surface area contributed by atoms with E-state index in [4.69, 9.17) is 21.1 Å². The first-order chi connectivity index (χ1) is 11.2. The highest BCUT2D eigenvalue weighted by molar-refractivity contribution is 7.88. The number of nitrogens with one attached hydrogen (secondary N) is 1. The molecule has 0 heterocycles. The number of ether oxygens (including phenoxy) is 2. The third-order valence-corrected chi connectivity index (χ3v) is 4.96. The first-order valence-corrected chi connectivity index (χ1v) is 9.49. The molecule has 0 atom stereocenters. The molecule has 136 valence electrons. The molecule has 0 bridgehead atoms. The summed E-state index contributed by atoms with van der Waals surface area (Å²) in [7, 11) is -0.502. The Morgan fingerprint density at radius 2 is 2.00 bits per heavy atom. The maximum atomic E-state index is 12.2. The number of aryl methyl sites for hydroxylation is 1. The van der Waals surface area contributed by atoms with Crippen molar-refractivity contribution in [3.63, 3.8) is 0 Å². The van der Waals surface area contributed by atoms with Crippen LogP contribution in [0.15, 0.2) is 12.1 Å². The van der Waals surface area contributed by atoms with E-state index < -0.39 is 15.9 Å². The number of rotatable bonds is 9. The number of anilines is 1. The van der Waals surface area contributed by atoms with Gasteiger partial charge in [0.25, 0.3) is 0 Å². The van der Waals surface area contributed by atoms with E-state index in [0.29, 0.717) is 29.5 Å². The molecule has 0 fully saturated rings. The molecule has 0 aliphatic rings. The molecule has 9 heteroatoms. The molecule has 24 heavy (non-hydrogen) atoms. The lowest BCUT2D eigenvalue weighted by Crippen LogP contribution is -2.38. The highest BCUT2D eigenvalue weighted by atomic mass is 35.5. The van der Waals surface area contributed by atoms with E-state index in [-0.39, 0.29) is 13.1 Å². The molecule has 0 unspecified atom stereocenters. The average Bonchev–Trinajstić information content (AvgIpc) is 2.48. The van der Waals surface area contributed by atoms with Gasteiger partial charge >= 0.3 is 0 Å². The summed E-state index contributed by atoms with van der Waals surface area (Å²) in [5.41, 5.74) is 1.21. The second kappa shape index (κ2) is 9.22. The number of nitrogens with zero attached hydrogens (tertiary/aromatic N) is 1. The average molecular weight is 379 g/mol. The van der Waals surface area contributed by atoms with Crippen molar-refractivity contribution >= 4 is 33.2 Å².